The van der Waals surface area contributed by atoms with E-state index in [-0.39, 0.29) is 24.0 Å². The maximum absolute atomic E-state index is 11.5. The van der Waals surface area contributed by atoms with Gasteiger partial charge < -0.3 is 16.0 Å². The number of fused-ring (bicyclic) bond motifs is 1. The molecule has 0 aliphatic carbocycles. The molecule has 19 heavy (non-hydrogen) atoms. The van der Waals surface area contributed by atoms with Crippen molar-refractivity contribution in [2.24, 2.45) is 0 Å². The van der Waals surface area contributed by atoms with E-state index in [0.29, 0.717) is 17.7 Å². The van der Waals surface area contributed by atoms with Crippen molar-refractivity contribution < 1.29 is 9.59 Å². The number of rotatable bonds is 6. The van der Waals surface area contributed by atoms with Gasteiger partial charge >= 0.3 is 6.03 Å². The summed E-state index contributed by atoms with van der Waals surface area (Å²) in [5, 5.41) is 9.33. The molecule has 3 N–H and O–H groups in total. The minimum Gasteiger partial charge on any atom is -0.354 e. The van der Waals surface area contributed by atoms with Gasteiger partial charge in [0.05, 0.1) is 12.1 Å². The molecule has 0 aromatic heterocycles. The van der Waals surface area contributed by atoms with Crippen molar-refractivity contribution in [2.75, 3.05) is 5.75 Å². The van der Waals surface area contributed by atoms with Crippen LogP contribution in [0.1, 0.15) is 39.5 Å². The smallest absolute Gasteiger partial charge is 0.315 e. The summed E-state index contributed by atoms with van der Waals surface area (Å²) in [5.74, 6) is 1.14. The van der Waals surface area contributed by atoms with Gasteiger partial charge in [-0.15, -0.1) is 0 Å². The second-order valence-corrected chi connectivity index (χ2v) is 6.86. The van der Waals surface area contributed by atoms with Gasteiger partial charge in [0.15, 0.2) is 0 Å². The first kappa shape index (κ1) is 14.5. The fraction of sp³-hybridized carbons (Fsp3) is 0.846. The van der Waals surface area contributed by atoms with E-state index in [9.17, 15) is 9.59 Å². The average molecular weight is 285 g/mol. The van der Waals surface area contributed by atoms with E-state index < -0.39 is 0 Å². The van der Waals surface area contributed by atoms with E-state index >= 15 is 0 Å². The molecule has 2 aliphatic heterocycles. The molecule has 2 fully saturated rings. The van der Waals surface area contributed by atoms with Crippen LogP contribution in [0.5, 0.6) is 0 Å². The van der Waals surface area contributed by atoms with Gasteiger partial charge in [0, 0.05) is 23.5 Å². The summed E-state index contributed by atoms with van der Waals surface area (Å²) in [7, 11) is 0. The predicted molar refractivity (Wildman–Crippen MR) is 77.2 cm³/mol. The molecule has 2 heterocycles. The van der Waals surface area contributed by atoms with Crippen LogP contribution in [0.2, 0.25) is 0 Å². The summed E-state index contributed by atoms with van der Waals surface area (Å²) < 4.78 is 0. The zero-order chi connectivity index (χ0) is 13.8. The zero-order valence-electron chi connectivity index (χ0n) is 11.6. The maximum Gasteiger partial charge on any atom is 0.315 e. The Morgan fingerprint density at radius 2 is 2.21 bits per heavy atom. The maximum atomic E-state index is 11.5. The predicted octanol–water partition coefficient (Wildman–Crippen LogP) is 1.24. The topological polar surface area (TPSA) is 70.2 Å². The molecule has 0 saturated carbocycles. The standard InChI is InChI=1S/C13H23N3O2S/c1-8(2)14-11(17)6-4-3-5-10-12-9(7-19-10)15-13(18)16-12/h8-10,12H,3-7H2,1-2H3,(H,14,17)(H2,15,16,18). The molecule has 2 saturated heterocycles. The molecule has 3 amide bonds. The van der Waals surface area contributed by atoms with Crippen LogP contribution in [0.15, 0.2) is 0 Å². The molecule has 5 nitrogen and oxygen atoms in total. The number of hydrogen-bond acceptors (Lipinski definition) is 3. The first-order chi connectivity index (χ1) is 9.06. The van der Waals surface area contributed by atoms with Crippen molar-refractivity contribution >= 4 is 23.7 Å². The summed E-state index contributed by atoms with van der Waals surface area (Å²) in [4.78, 5) is 22.7. The van der Waals surface area contributed by atoms with Gasteiger partial charge in [-0.2, -0.15) is 11.8 Å². The molecule has 0 aromatic rings. The van der Waals surface area contributed by atoms with Gasteiger partial charge in [0.25, 0.3) is 0 Å². The average Bonchev–Trinajstić information content (AvgIpc) is 2.83. The molecule has 0 aromatic carbocycles. The fourth-order valence-corrected chi connectivity index (χ4v) is 4.21. The number of nitrogens with one attached hydrogen (secondary N) is 3. The SMILES string of the molecule is CC(C)NC(=O)CCCCC1SCC2NC(=O)NC21. The van der Waals surface area contributed by atoms with Crippen molar-refractivity contribution in [3.63, 3.8) is 0 Å². The van der Waals surface area contributed by atoms with Crippen molar-refractivity contribution in [1.29, 1.82) is 0 Å². The quantitative estimate of drug-likeness (QED) is 0.508. The van der Waals surface area contributed by atoms with Gasteiger partial charge in [-0.3, -0.25) is 4.79 Å². The second-order valence-electron chi connectivity index (χ2n) is 5.59. The normalized spacial score (nSPS) is 29.0. The van der Waals surface area contributed by atoms with Gasteiger partial charge in [-0.25, -0.2) is 4.79 Å². The number of carbonyl (C=O) groups is 2. The highest BCUT2D eigenvalue weighted by Gasteiger charge is 2.42. The lowest BCUT2D eigenvalue weighted by atomic mass is 10.0. The highest BCUT2D eigenvalue weighted by atomic mass is 32.2. The minimum atomic E-state index is -0.0309. The third-order valence-corrected chi connectivity index (χ3v) is 5.04. The fourth-order valence-electron chi connectivity index (χ4n) is 2.67. The molecule has 2 aliphatic rings. The van der Waals surface area contributed by atoms with Crippen LogP contribution in [0.3, 0.4) is 0 Å². The Morgan fingerprint density at radius 3 is 2.95 bits per heavy atom. The molecular formula is C13H23N3O2S. The van der Waals surface area contributed by atoms with Crippen LogP contribution < -0.4 is 16.0 Å². The third kappa shape index (κ3) is 4.03. The lowest BCUT2D eigenvalue weighted by molar-refractivity contribution is -0.121. The Morgan fingerprint density at radius 1 is 1.42 bits per heavy atom. The number of unbranched alkanes of at least 4 members (excludes halogenated alkanes) is 1. The monoisotopic (exact) mass is 285 g/mol. The zero-order valence-corrected chi connectivity index (χ0v) is 12.4. The highest BCUT2D eigenvalue weighted by Crippen LogP contribution is 2.33. The largest absolute Gasteiger partial charge is 0.354 e. The van der Waals surface area contributed by atoms with E-state index in [0.717, 1.165) is 25.0 Å². The lowest BCUT2D eigenvalue weighted by Gasteiger charge is -2.16. The summed E-state index contributed by atoms with van der Waals surface area (Å²) >= 11 is 1.93. The van der Waals surface area contributed by atoms with Crippen molar-refractivity contribution in [3.05, 3.63) is 0 Å². The summed E-state index contributed by atoms with van der Waals surface area (Å²) in [6.07, 6.45) is 3.65. The van der Waals surface area contributed by atoms with Crippen molar-refractivity contribution in [1.82, 2.24) is 16.0 Å². The van der Waals surface area contributed by atoms with Crippen molar-refractivity contribution in [2.45, 2.75) is 62.9 Å². The molecule has 0 radical (unpaired) electrons. The number of amides is 3. The first-order valence-electron chi connectivity index (χ1n) is 7.04. The van der Waals surface area contributed by atoms with Crippen LogP contribution in [0.4, 0.5) is 4.79 Å². The summed E-state index contributed by atoms with van der Waals surface area (Å²) in [6.45, 7) is 3.95. The Bertz CT molecular complexity index is 349. The molecule has 0 spiro atoms. The molecule has 3 atom stereocenters. The van der Waals surface area contributed by atoms with Gasteiger partial charge in [-0.1, -0.05) is 6.42 Å². The van der Waals surface area contributed by atoms with E-state index in [1.165, 1.54) is 0 Å². The van der Waals surface area contributed by atoms with E-state index in [1.807, 2.05) is 25.6 Å². The number of hydrogen-bond donors (Lipinski definition) is 3. The lowest BCUT2D eigenvalue weighted by Crippen LogP contribution is -2.36. The van der Waals surface area contributed by atoms with Crippen LogP contribution in [0, 0.1) is 0 Å². The molecule has 108 valence electrons. The molecule has 6 heteroatoms. The van der Waals surface area contributed by atoms with E-state index in [1.54, 1.807) is 0 Å². The molecule has 3 unspecified atom stereocenters. The Balaban J connectivity index is 1.61. The van der Waals surface area contributed by atoms with E-state index in [4.69, 9.17) is 0 Å². The van der Waals surface area contributed by atoms with Gasteiger partial charge in [0.2, 0.25) is 5.91 Å². The van der Waals surface area contributed by atoms with Crippen LogP contribution in [-0.4, -0.2) is 41.1 Å². The second kappa shape index (κ2) is 6.50. The Labute approximate surface area is 118 Å². The number of thioether (sulfide) groups is 1. The van der Waals surface area contributed by atoms with Crippen LogP contribution in [0.25, 0.3) is 0 Å². The van der Waals surface area contributed by atoms with Gasteiger partial charge in [0.1, 0.15) is 0 Å². The summed E-state index contributed by atoms with van der Waals surface area (Å²) in [5.41, 5.74) is 0. The first-order valence-corrected chi connectivity index (χ1v) is 8.09. The Hall–Kier alpha value is -0.910. The molecule has 2 rings (SSSR count). The number of urea groups is 1. The Kier molecular flexibility index (Phi) is 4.96. The molecular weight excluding hydrogens is 262 g/mol. The third-order valence-electron chi connectivity index (χ3n) is 3.53. The minimum absolute atomic E-state index is 0.0309. The van der Waals surface area contributed by atoms with Crippen molar-refractivity contribution in [3.8, 4) is 0 Å². The van der Waals surface area contributed by atoms with Crippen LogP contribution >= 0.6 is 11.8 Å². The number of carbonyl (C=O) groups excluding carboxylic acids is 2. The van der Waals surface area contributed by atoms with E-state index in [2.05, 4.69) is 16.0 Å². The summed E-state index contributed by atoms with van der Waals surface area (Å²) in [6, 6.07) is 0.767. The van der Waals surface area contributed by atoms with Gasteiger partial charge in [-0.05, 0) is 26.7 Å². The molecule has 0 bridgehead atoms. The van der Waals surface area contributed by atoms with Crippen LogP contribution in [-0.2, 0) is 4.79 Å². The highest BCUT2D eigenvalue weighted by molar-refractivity contribution is 8.00.